The number of hydrogen-bond donors (Lipinski definition) is 1. The molecule has 0 saturated heterocycles. The molecule has 3 rings (SSSR count). The van der Waals surface area contributed by atoms with Gasteiger partial charge in [-0.05, 0) is 36.0 Å². The van der Waals surface area contributed by atoms with E-state index in [4.69, 9.17) is 15.5 Å². The number of hydrogen-bond acceptors (Lipinski definition) is 8. The zero-order chi connectivity index (χ0) is 16.4. The molecule has 10 heteroatoms. The van der Waals surface area contributed by atoms with Gasteiger partial charge in [0.15, 0.2) is 5.76 Å². The van der Waals surface area contributed by atoms with E-state index in [-0.39, 0.29) is 16.4 Å². The summed E-state index contributed by atoms with van der Waals surface area (Å²) in [6, 6.07) is 9.38. The molecule has 0 saturated carbocycles. The standard InChI is InChI=1S/C13H8N6O3S/c14-7-8-3-4-11(9(6-8)19(20)21)23-13-17-16-12(18(13)15)10-2-1-5-22-10/h1-6H,15H2. The average Bonchev–Trinajstić information content (AvgIpc) is 3.18. The van der Waals surface area contributed by atoms with E-state index in [0.29, 0.717) is 16.5 Å². The number of benzene rings is 1. The van der Waals surface area contributed by atoms with E-state index in [1.54, 1.807) is 12.1 Å². The summed E-state index contributed by atoms with van der Waals surface area (Å²) in [6.07, 6.45) is 1.47. The van der Waals surface area contributed by atoms with Gasteiger partial charge in [-0.3, -0.25) is 10.1 Å². The second kappa shape index (κ2) is 5.82. The van der Waals surface area contributed by atoms with Gasteiger partial charge in [0.05, 0.1) is 27.7 Å². The molecule has 114 valence electrons. The molecule has 0 radical (unpaired) electrons. The molecule has 1 aromatic carbocycles. The third-order valence-corrected chi connectivity index (χ3v) is 3.92. The topological polar surface area (TPSA) is 137 Å². The lowest BCUT2D eigenvalue weighted by atomic mass is 10.2. The summed E-state index contributed by atoms with van der Waals surface area (Å²) < 4.78 is 6.39. The molecule has 0 unspecified atom stereocenters. The first-order valence-corrected chi connectivity index (χ1v) is 7.02. The largest absolute Gasteiger partial charge is 0.461 e. The van der Waals surface area contributed by atoms with Crippen LogP contribution in [0.4, 0.5) is 5.69 Å². The smallest absolute Gasteiger partial charge is 0.284 e. The van der Waals surface area contributed by atoms with Crippen molar-refractivity contribution >= 4 is 17.4 Å². The lowest BCUT2D eigenvalue weighted by molar-refractivity contribution is -0.387. The van der Waals surface area contributed by atoms with Crippen LogP contribution in [0, 0.1) is 21.4 Å². The maximum Gasteiger partial charge on any atom is 0.284 e. The number of nitriles is 1. The van der Waals surface area contributed by atoms with E-state index in [0.717, 1.165) is 11.8 Å². The van der Waals surface area contributed by atoms with E-state index < -0.39 is 4.92 Å². The van der Waals surface area contributed by atoms with Crippen molar-refractivity contribution in [3.8, 4) is 17.7 Å². The molecule has 2 heterocycles. The summed E-state index contributed by atoms with van der Waals surface area (Å²) >= 11 is 0.978. The highest BCUT2D eigenvalue weighted by atomic mass is 32.2. The maximum atomic E-state index is 11.2. The molecule has 2 N–H and O–H groups in total. The van der Waals surface area contributed by atoms with Gasteiger partial charge in [0, 0.05) is 6.07 Å². The fraction of sp³-hybridized carbons (Fsp3) is 0. The molecule has 0 atom stereocenters. The molecule has 3 aromatic rings. The average molecular weight is 328 g/mol. The van der Waals surface area contributed by atoms with E-state index in [1.807, 2.05) is 6.07 Å². The van der Waals surface area contributed by atoms with Crippen molar-refractivity contribution in [2.45, 2.75) is 10.1 Å². The minimum atomic E-state index is -0.562. The van der Waals surface area contributed by atoms with Gasteiger partial charge in [0.1, 0.15) is 0 Å². The first-order chi connectivity index (χ1) is 11.1. The fourth-order valence-electron chi connectivity index (χ4n) is 1.83. The highest BCUT2D eigenvalue weighted by Crippen LogP contribution is 2.35. The number of nitrogen functional groups attached to an aromatic ring is 1. The van der Waals surface area contributed by atoms with Crippen LogP contribution in [0.2, 0.25) is 0 Å². The summed E-state index contributed by atoms with van der Waals surface area (Å²) in [4.78, 5) is 10.9. The summed E-state index contributed by atoms with van der Waals surface area (Å²) in [5.41, 5.74) is 0.00291. The summed E-state index contributed by atoms with van der Waals surface area (Å²) in [6.45, 7) is 0. The lowest BCUT2D eigenvalue weighted by Gasteiger charge is -2.03. The van der Waals surface area contributed by atoms with Crippen LogP contribution >= 0.6 is 11.8 Å². The van der Waals surface area contributed by atoms with Crippen LogP contribution in [0.5, 0.6) is 0 Å². The highest BCUT2D eigenvalue weighted by molar-refractivity contribution is 7.99. The van der Waals surface area contributed by atoms with E-state index >= 15 is 0 Å². The Balaban J connectivity index is 1.97. The van der Waals surface area contributed by atoms with Crippen LogP contribution in [0.1, 0.15) is 5.56 Å². The Bertz CT molecular complexity index is 912. The highest BCUT2D eigenvalue weighted by Gasteiger charge is 2.20. The van der Waals surface area contributed by atoms with Crippen molar-refractivity contribution in [2.24, 2.45) is 0 Å². The lowest BCUT2D eigenvalue weighted by Crippen LogP contribution is -2.11. The number of aromatic nitrogens is 3. The van der Waals surface area contributed by atoms with Crippen molar-refractivity contribution in [3.05, 3.63) is 52.3 Å². The number of nitrogens with zero attached hydrogens (tertiary/aromatic N) is 5. The maximum absolute atomic E-state index is 11.2. The number of nitrogens with two attached hydrogens (primary N) is 1. The fourth-order valence-corrected chi connectivity index (χ4v) is 2.67. The molecule has 0 aliphatic heterocycles. The minimum absolute atomic E-state index is 0.198. The predicted octanol–water partition coefficient (Wildman–Crippen LogP) is 2.18. The Labute approximate surface area is 133 Å². The van der Waals surface area contributed by atoms with Crippen molar-refractivity contribution in [3.63, 3.8) is 0 Å². The molecule has 0 spiro atoms. The van der Waals surface area contributed by atoms with Gasteiger partial charge in [0.25, 0.3) is 5.69 Å². The van der Waals surface area contributed by atoms with Crippen LogP contribution in [-0.4, -0.2) is 19.8 Å². The van der Waals surface area contributed by atoms with Crippen LogP contribution in [-0.2, 0) is 0 Å². The van der Waals surface area contributed by atoms with Crippen LogP contribution in [0.3, 0.4) is 0 Å². The Kier molecular flexibility index (Phi) is 3.70. The van der Waals surface area contributed by atoms with E-state index in [2.05, 4.69) is 10.2 Å². The molecule has 2 aromatic heterocycles. The Morgan fingerprint density at radius 2 is 2.22 bits per heavy atom. The SMILES string of the molecule is N#Cc1ccc(Sc2nnc(-c3ccco3)n2N)c([N+](=O)[O-])c1. The first kappa shape index (κ1) is 14.6. The Hall–Kier alpha value is -3.32. The van der Waals surface area contributed by atoms with E-state index in [1.165, 1.54) is 29.1 Å². The molecule has 0 fully saturated rings. The number of furan rings is 1. The quantitative estimate of drug-likeness (QED) is 0.437. The van der Waals surface area contributed by atoms with Gasteiger partial charge in [-0.2, -0.15) is 5.26 Å². The van der Waals surface area contributed by atoms with Gasteiger partial charge >= 0.3 is 0 Å². The summed E-state index contributed by atoms with van der Waals surface area (Å²) in [5.74, 6) is 6.64. The van der Waals surface area contributed by atoms with Gasteiger partial charge in [-0.15, -0.1) is 10.2 Å². The van der Waals surface area contributed by atoms with Crippen LogP contribution in [0.25, 0.3) is 11.6 Å². The Morgan fingerprint density at radius 1 is 1.39 bits per heavy atom. The molecular weight excluding hydrogens is 320 g/mol. The number of nitro groups is 1. The second-order valence-electron chi connectivity index (χ2n) is 4.31. The van der Waals surface area contributed by atoms with Crippen LogP contribution in [0.15, 0.2) is 51.1 Å². The van der Waals surface area contributed by atoms with Crippen molar-refractivity contribution in [1.82, 2.24) is 14.9 Å². The zero-order valence-electron chi connectivity index (χ0n) is 11.4. The second-order valence-corrected chi connectivity index (χ2v) is 5.32. The molecule has 0 aliphatic rings. The van der Waals surface area contributed by atoms with Crippen molar-refractivity contribution < 1.29 is 9.34 Å². The van der Waals surface area contributed by atoms with Gasteiger partial charge in [-0.1, -0.05) is 0 Å². The Morgan fingerprint density at radius 3 is 2.87 bits per heavy atom. The van der Waals surface area contributed by atoms with Gasteiger partial charge in [0.2, 0.25) is 11.0 Å². The molecular formula is C13H8N6O3S. The molecule has 0 bridgehead atoms. The summed E-state index contributed by atoms with van der Waals surface area (Å²) in [7, 11) is 0. The van der Waals surface area contributed by atoms with Gasteiger partial charge < -0.3 is 10.3 Å². The van der Waals surface area contributed by atoms with Crippen molar-refractivity contribution in [2.75, 3.05) is 5.84 Å². The molecule has 0 aliphatic carbocycles. The van der Waals surface area contributed by atoms with Crippen LogP contribution < -0.4 is 5.84 Å². The minimum Gasteiger partial charge on any atom is -0.461 e. The predicted molar refractivity (Wildman–Crippen MR) is 79.8 cm³/mol. The zero-order valence-corrected chi connectivity index (χ0v) is 12.2. The van der Waals surface area contributed by atoms with E-state index in [9.17, 15) is 10.1 Å². The molecule has 23 heavy (non-hydrogen) atoms. The first-order valence-electron chi connectivity index (χ1n) is 6.21. The number of rotatable bonds is 4. The number of nitro benzene ring substituents is 1. The molecule has 9 nitrogen and oxygen atoms in total. The monoisotopic (exact) mass is 328 g/mol. The van der Waals surface area contributed by atoms with Crippen molar-refractivity contribution in [1.29, 1.82) is 5.26 Å². The third kappa shape index (κ3) is 2.72. The normalized spacial score (nSPS) is 10.4. The summed E-state index contributed by atoms with van der Waals surface area (Å²) in [5, 5.41) is 28.1. The third-order valence-electron chi connectivity index (χ3n) is 2.89. The molecule has 0 amide bonds. The van der Waals surface area contributed by atoms with Gasteiger partial charge in [-0.25, -0.2) is 4.68 Å².